The fourth-order valence-electron chi connectivity index (χ4n) is 1.70. The number of ether oxygens (including phenoxy) is 2. The Bertz CT molecular complexity index is 385. The highest BCUT2D eigenvalue weighted by atomic mass is 32.2. The van der Waals surface area contributed by atoms with E-state index in [1.165, 1.54) is 11.8 Å². The number of halogens is 1. The van der Waals surface area contributed by atoms with Gasteiger partial charge in [-0.05, 0) is 31.0 Å². The first-order chi connectivity index (χ1) is 8.62. The van der Waals surface area contributed by atoms with Gasteiger partial charge < -0.3 is 15.2 Å². The van der Waals surface area contributed by atoms with Crippen LogP contribution in [0.3, 0.4) is 0 Å². The molecule has 1 aromatic carbocycles. The molecule has 0 spiro atoms. The van der Waals surface area contributed by atoms with Crippen molar-refractivity contribution in [2.24, 2.45) is 5.73 Å². The standard InChI is InChI=1S/C13H20FNO2S/c1-9(15)6-10-7-12(17-3)13(18-5-4-14)8-11(10)16-2/h7-9H,4-6,15H2,1-3H3. The third-order valence-electron chi connectivity index (χ3n) is 2.44. The van der Waals surface area contributed by atoms with Crippen molar-refractivity contribution in [3.05, 3.63) is 17.7 Å². The van der Waals surface area contributed by atoms with E-state index in [4.69, 9.17) is 15.2 Å². The molecule has 0 bridgehead atoms. The Labute approximate surface area is 112 Å². The summed E-state index contributed by atoms with van der Waals surface area (Å²) in [6.07, 6.45) is 0.716. The largest absolute Gasteiger partial charge is 0.496 e. The Morgan fingerprint density at radius 1 is 1.28 bits per heavy atom. The first-order valence-electron chi connectivity index (χ1n) is 5.81. The smallest absolute Gasteiger partial charge is 0.132 e. The van der Waals surface area contributed by atoms with Crippen LogP contribution in [0.1, 0.15) is 12.5 Å². The summed E-state index contributed by atoms with van der Waals surface area (Å²) in [5.74, 6) is 1.92. The molecule has 1 atom stereocenters. The second kappa shape index (κ2) is 7.48. The summed E-state index contributed by atoms with van der Waals surface area (Å²) in [6.45, 7) is 1.58. The molecule has 1 rings (SSSR count). The molecule has 0 radical (unpaired) electrons. The van der Waals surface area contributed by atoms with Crippen LogP contribution in [-0.2, 0) is 6.42 Å². The number of rotatable bonds is 7. The monoisotopic (exact) mass is 273 g/mol. The number of alkyl halides is 1. The van der Waals surface area contributed by atoms with Gasteiger partial charge in [0.15, 0.2) is 0 Å². The molecule has 1 aromatic rings. The van der Waals surface area contributed by atoms with E-state index in [1.807, 2.05) is 19.1 Å². The van der Waals surface area contributed by atoms with Crippen LogP contribution in [0.15, 0.2) is 17.0 Å². The van der Waals surface area contributed by atoms with Crippen LogP contribution in [0.25, 0.3) is 0 Å². The van der Waals surface area contributed by atoms with Gasteiger partial charge in [-0.15, -0.1) is 11.8 Å². The molecule has 0 aliphatic carbocycles. The molecule has 102 valence electrons. The van der Waals surface area contributed by atoms with Gasteiger partial charge in [-0.25, -0.2) is 0 Å². The Balaban J connectivity index is 3.06. The maximum absolute atomic E-state index is 12.2. The molecule has 2 N–H and O–H groups in total. The van der Waals surface area contributed by atoms with Gasteiger partial charge in [0.05, 0.1) is 25.8 Å². The van der Waals surface area contributed by atoms with Crippen molar-refractivity contribution >= 4 is 11.8 Å². The van der Waals surface area contributed by atoms with Crippen molar-refractivity contribution in [2.75, 3.05) is 26.6 Å². The fraction of sp³-hybridized carbons (Fsp3) is 0.538. The number of hydrogen-bond donors (Lipinski definition) is 1. The van der Waals surface area contributed by atoms with Crippen molar-refractivity contribution in [3.8, 4) is 11.5 Å². The Kier molecular flexibility index (Phi) is 6.29. The molecule has 0 aromatic heterocycles. The van der Waals surface area contributed by atoms with Crippen molar-refractivity contribution in [2.45, 2.75) is 24.3 Å². The lowest BCUT2D eigenvalue weighted by Crippen LogP contribution is -2.18. The van der Waals surface area contributed by atoms with Gasteiger partial charge in [0.2, 0.25) is 0 Å². The molecule has 18 heavy (non-hydrogen) atoms. The third kappa shape index (κ3) is 4.07. The van der Waals surface area contributed by atoms with Gasteiger partial charge in [0.1, 0.15) is 11.5 Å². The summed E-state index contributed by atoms with van der Waals surface area (Å²) >= 11 is 1.42. The van der Waals surface area contributed by atoms with Crippen LogP contribution in [0, 0.1) is 0 Å². The molecular weight excluding hydrogens is 253 g/mol. The molecular formula is C13H20FNO2S. The number of benzene rings is 1. The van der Waals surface area contributed by atoms with Gasteiger partial charge in [-0.1, -0.05) is 0 Å². The molecule has 0 amide bonds. The van der Waals surface area contributed by atoms with Crippen LogP contribution in [0.4, 0.5) is 4.39 Å². The molecule has 3 nitrogen and oxygen atoms in total. The lowest BCUT2D eigenvalue weighted by Gasteiger charge is -2.15. The van der Waals surface area contributed by atoms with Crippen LogP contribution < -0.4 is 15.2 Å². The van der Waals surface area contributed by atoms with E-state index in [9.17, 15) is 4.39 Å². The van der Waals surface area contributed by atoms with Crippen molar-refractivity contribution in [3.63, 3.8) is 0 Å². The summed E-state index contributed by atoms with van der Waals surface area (Å²) < 4.78 is 22.9. The average Bonchev–Trinajstić information content (AvgIpc) is 2.35. The summed E-state index contributed by atoms with van der Waals surface area (Å²) in [5, 5.41) is 0. The first kappa shape index (κ1) is 15.1. The second-order valence-electron chi connectivity index (χ2n) is 4.03. The van der Waals surface area contributed by atoms with Crippen LogP contribution in [-0.4, -0.2) is 32.7 Å². The van der Waals surface area contributed by atoms with Gasteiger partial charge in [-0.3, -0.25) is 4.39 Å². The van der Waals surface area contributed by atoms with Crippen molar-refractivity contribution in [1.82, 2.24) is 0 Å². The van der Waals surface area contributed by atoms with E-state index in [0.29, 0.717) is 12.2 Å². The average molecular weight is 273 g/mol. The quantitative estimate of drug-likeness (QED) is 0.776. The molecule has 0 aliphatic heterocycles. The van der Waals surface area contributed by atoms with E-state index in [-0.39, 0.29) is 12.7 Å². The SMILES string of the molecule is COc1cc(SCCF)c(OC)cc1CC(C)N. The molecule has 0 fully saturated rings. The zero-order valence-electron chi connectivity index (χ0n) is 11.0. The Hall–Kier alpha value is -0.940. The van der Waals surface area contributed by atoms with E-state index in [2.05, 4.69) is 0 Å². The summed E-state index contributed by atoms with van der Waals surface area (Å²) in [5.41, 5.74) is 6.81. The highest BCUT2D eigenvalue weighted by Gasteiger charge is 2.12. The third-order valence-corrected chi connectivity index (χ3v) is 3.43. The van der Waals surface area contributed by atoms with E-state index in [1.54, 1.807) is 14.2 Å². The lowest BCUT2D eigenvalue weighted by atomic mass is 10.1. The molecule has 0 aliphatic rings. The molecule has 0 heterocycles. The molecule has 1 unspecified atom stereocenters. The van der Waals surface area contributed by atoms with Crippen molar-refractivity contribution in [1.29, 1.82) is 0 Å². The van der Waals surface area contributed by atoms with Crippen LogP contribution in [0.5, 0.6) is 11.5 Å². The maximum atomic E-state index is 12.2. The van der Waals surface area contributed by atoms with E-state index in [0.717, 1.165) is 22.0 Å². The second-order valence-corrected chi connectivity index (χ2v) is 5.17. The summed E-state index contributed by atoms with van der Waals surface area (Å²) in [7, 11) is 3.23. The first-order valence-corrected chi connectivity index (χ1v) is 6.80. The van der Waals surface area contributed by atoms with Gasteiger partial charge >= 0.3 is 0 Å². The lowest BCUT2D eigenvalue weighted by molar-refractivity contribution is 0.389. The number of hydrogen-bond acceptors (Lipinski definition) is 4. The van der Waals surface area contributed by atoms with Crippen LogP contribution in [0.2, 0.25) is 0 Å². The predicted molar refractivity (Wildman–Crippen MR) is 73.6 cm³/mol. The molecule has 0 saturated carbocycles. The van der Waals surface area contributed by atoms with Gasteiger partial charge in [-0.2, -0.15) is 0 Å². The summed E-state index contributed by atoms with van der Waals surface area (Å²) in [6, 6.07) is 3.85. The van der Waals surface area contributed by atoms with E-state index < -0.39 is 0 Å². The number of nitrogens with two attached hydrogens (primary N) is 1. The topological polar surface area (TPSA) is 44.5 Å². The molecule has 0 saturated heterocycles. The minimum absolute atomic E-state index is 0.0490. The normalized spacial score (nSPS) is 12.3. The zero-order valence-corrected chi connectivity index (χ0v) is 11.8. The molecule has 5 heteroatoms. The maximum Gasteiger partial charge on any atom is 0.132 e. The minimum Gasteiger partial charge on any atom is -0.496 e. The van der Waals surface area contributed by atoms with Gasteiger partial charge in [0, 0.05) is 11.8 Å². The summed E-state index contributed by atoms with van der Waals surface area (Å²) in [4.78, 5) is 0.889. The Morgan fingerprint density at radius 2 is 1.94 bits per heavy atom. The van der Waals surface area contributed by atoms with Crippen LogP contribution >= 0.6 is 11.8 Å². The Morgan fingerprint density at radius 3 is 2.44 bits per heavy atom. The number of methoxy groups -OCH3 is 2. The van der Waals surface area contributed by atoms with E-state index >= 15 is 0 Å². The zero-order chi connectivity index (χ0) is 13.5. The highest BCUT2D eigenvalue weighted by Crippen LogP contribution is 2.36. The predicted octanol–water partition coefficient (Wildman–Crippen LogP) is 2.66. The van der Waals surface area contributed by atoms with Gasteiger partial charge in [0.25, 0.3) is 0 Å². The number of thioether (sulfide) groups is 1. The fourth-order valence-corrected chi connectivity index (χ4v) is 2.47. The van der Waals surface area contributed by atoms with Crippen molar-refractivity contribution < 1.29 is 13.9 Å². The minimum atomic E-state index is -0.363. The highest BCUT2D eigenvalue weighted by molar-refractivity contribution is 7.99.